The quantitative estimate of drug-likeness (QED) is 0.611. The summed E-state index contributed by atoms with van der Waals surface area (Å²) in [4.78, 5) is 27.4. The van der Waals surface area contributed by atoms with E-state index in [2.05, 4.69) is 25.1 Å². The van der Waals surface area contributed by atoms with Crippen molar-refractivity contribution in [3.05, 3.63) is 12.1 Å². The Balaban J connectivity index is 2.07. The van der Waals surface area contributed by atoms with E-state index in [-0.39, 0.29) is 31.0 Å². The average molecular weight is 363 g/mol. The number of nitrogens with zero attached hydrogens (tertiary/aromatic N) is 7. The van der Waals surface area contributed by atoms with Crippen molar-refractivity contribution in [2.45, 2.75) is 6.92 Å². The lowest BCUT2D eigenvalue weighted by molar-refractivity contribution is -0.145. The molecule has 0 bridgehead atoms. The highest BCUT2D eigenvalue weighted by molar-refractivity contribution is 5.70. The van der Waals surface area contributed by atoms with E-state index >= 15 is 0 Å². The van der Waals surface area contributed by atoms with Crippen LogP contribution in [0.5, 0.6) is 17.8 Å². The second kappa shape index (κ2) is 8.74. The van der Waals surface area contributed by atoms with Gasteiger partial charge >= 0.3 is 12.0 Å². The molecule has 0 amide bonds. The van der Waals surface area contributed by atoms with Crippen LogP contribution in [0.1, 0.15) is 6.92 Å². The van der Waals surface area contributed by atoms with Gasteiger partial charge in [0.2, 0.25) is 23.7 Å². The van der Waals surface area contributed by atoms with Gasteiger partial charge in [0.05, 0.1) is 6.61 Å². The molecule has 0 saturated heterocycles. The third-order valence-corrected chi connectivity index (χ3v) is 2.85. The molecule has 11 heteroatoms. The first-order valence-electron chi connectivity index (χ1n) is 7.79. The SMILES string of the molecule is CCOC(=O)COc1ccc(Oc2nc(N(C)C)nc(N(C)C)n2)nn1. The van der Waals surface area contributed by atoms with Crippen LogP contribution < -0.4 is 19.3 Å². The number of anilines is 2. The van der Waals surface area contributed by atoms with Gasteiger partial charge < -0.3 is 24.0 Å². The van der Waals surface area contributed by atoms with Crippen LogP contribution in [0.3, 0.4) is 0 Å². The summed E-state index contributed by atoms with van der Waals surface area (Å²) in [7, 11) is 7.25. The largest absolute Gasteiger partial charge is 0.465 e. The molecule has 140 valence electrons. The Morgan fingerprint density at radius 3 is 2.04 bits per heavy atom. The molecule has 0 fully saturated rings. The van der Waals surface area contributed by atoms with Gasteiger partial charge in [-0.3, -0.25) is 0 Å². The fourth-order valence-corrected chi connectivity index (χ4v) is 1.65. The summed E-state index contributed by atoms with van der Waals surface area (Å²) in [6, 6.07) is 3.13. The van der Waals surface area contributed by atoms with Crippen LogP contribution in [0.25, 0.3) is 0 Å². The standard InChI is InChI=1S/C15H21N7O4/c1-6-24-12(23)9-25-10-7-8-11(20-19-10)26-15-17-13(21(2)3)16-14(18-15)22(4)5/h7-8H,6,9H2,1-5H3. The minimum absolute atomic E-state index is 0.0851. The zero-order chi connectivity index (χ0) is 19.1. The summed E-state index contributed by atoms with van der Waals surface area (Å²) in [6.07, 6.45) is 0. The predicted molar refractivity (Wildman–Crippen MR) is 92.7 cm³/mol. The van der Waals surface area contributed by atoms with Crippen LogP contribution >= 0.6 is 0 Å². The van der Waals surface area contributed by atoms with Crippen LogP contribution in [-0.2, 0) is 9.53 Å². The Hall–Kier alpha value is -3.24. The van der Waals surface area contributed by atoms with E-state index in [1.807, 2.05) is 28.2 Å². The first kappa shape index (κ1) is 19.1. The summed E-state index contributed by atoms with van der Waals surface area (Å²) < 4.78 is 15.5. The molecule has 11 nitrogen and oxygen atoms in total. The molecule has 0 spiro atoms. The minimum atomic E-state index is -0.479. The fourth-order valence-electron chi connectivity index (χ4n) is 1.65. The summed E-state index contributed by atoms with van der Waals surface area (Å²) in [5, 5.41) is 7.69. The average Bonchev–Trinajstić information content (AvgIpc) is 2.61. The Morgan fingerprint density at radius 1 is 0.962 bits per heavy atom. The second-order valence-electron chi connectivity index (χ2n) is 5.41. The first-order valence-corrected chi connectivity index (χ1v) is 7.79. The topological polar surface area (TPSA) is 116 Å². The molecule has 2 heterocycles. The van der Waals surface area contributed by atoms with Crippen molar-refractivity contribution in [2.75, 3.05) is 51.2 Å². The lowest BCUT2D eigenvalue weighted by Crippen LogP contribution is -2.19. The van der Waals surface area contributed by atoms with Gasteiger partial charge in [-0.05, 0) is 6.92 Å². The molecular weight excluding hydrogens is 342 g/mol. The van der Waals surface area contributed by atoms with E-state index in [9.17, 15) is 4.79 Å². The van der Waals surface area contributed by atoms with Crippen molar-refractivity contribution < 1.29 is 19.0 Å². The summed E-state index contributed by atoms with van der Waals surface area (Å²) >= 11 is 0. The Bertz CT molecular complexity index is 711. The lowest BCUT2D eigenvalue weighted by atomic mass is 10.5. The van der Waals surface area contributed by atoms with Gasteiger partial charge in [0, 0.05) is 40.3 Å². The van der Waals surface area contributed by atoms with Crippen molar-refractivity contribution in [1.82, 2.24) is 25.1 Å². The molecule has 0 atom stereocenters. The van der Waals surface area contributed by atoms with Gasteiger partial charge in [0.1, 0.15) is 0 Å². The number of esters is 1. The summed E-state index contributed by atoms with van der Waals surface area (Å²) in [6.45, 7) is 1.76. The second-order valence-corrected chi connectivity index (χ2v) is 5.41. The highest BCUT2D eigenvalue weighted by Crippen LogP contribution is 2.20. The zero-order valence-electron chi connectivity index (χ0n) is 15.3. The molecule has 0 aliphatic carbocycles. The molecule has 0 unspecified atom stereocenters. The van der Waals surface area contributed by atoms with Gasteiger partial charge in [-0.25, -0.2) is 4.79 Å². The molecule has 2 aromatic heterocycles. The number of hydrogen-bond donors (Lipinski definition) is 0. The number of aromatic nitrogens is 5. The maximum atomic E-state index is 11.2. The molecule has 0 aliphatic heterocycles. The van der Waals surface area contributed by atoms with Crippen molar-refractivity contribution in [3.63, 3.8) is 0 Å². The van der Waals surface area contributed by atoms with Gasteiger partial charge in [0.15, 0.2) is 6.61 Å². The van der Waals surface area contributed by atoms with E-state index in [1.54, 1.807) is 16.7 Å². The molecular formula is C15H21N7O4. The monoisotopic (exact) mass is 363 g/mol. The molecule has 0 aromatic carbocycles. The van der Waals surface area contributed by atoms with Gasteiger partial charge in [-0.15, -0.1) is 10.2 Å². The van der Waals surface area contributed by atoms with E-state index in [1.165, 1.54) is 12.1 Å². The fraction of sp³-hybridized carbons (Fsp3) is 0.467. The van der Waals surface area contributed by atoms with Crippen LogP contribution in [0.4, 0.5) is 11.9 Å². The first-order chi connectivity index (χ1) is 12.4. The smallest absolute Gasteiger partial charge is 0.344 e. The highest BCUT2D eigenvalue weighted by atomic mass is 16.6. The maximum absolute atomic E-state index is 11.2. The van der Waals surface area contributed by atoms with E-state index in [4.69, 9.17) is 14.2 Å². The van der Waals surface area contributed by atoms with Crippen LogP contribution in [0.2, 0.25) is 0 Å². The van der Waals surface area contributed by atoms with E-state index in [0.29, 0.717) is 11.9 Å². The molecule has 0 aliphatic rings. The van der Waals surface area contributed by atoms with E-state index < -0.39 is 5.97 Å². The Labute approximate surface area is 150 Å². The highest BCUT2D eigenvalue weighted by Gasteiger charge is 2.12. The molecule has 0 saturated carbocycles. The van der Waals surface area contributed by atoms with Crippen LogP contribution in [0.15, 0.2) is 12.1 Å². The molecule has 2 aromatic rings. The molecule has 26 heavy (non-hydrogen) atoms. The third-order valence-electron chi connectivity index (χ3n) is 2.85. The number of ether oxygens (including phenoxy) is 3. The molecule has 0 radical (unpaired) electrons. The number of rotatable bonds is 8. The number of carbonyl (C=O) groups excluding carboxylic acids is 1. The van der Waals surface area contributed by atoms with Crippen LogP contribution in [0, 0.1) is 0 Å². The predicted octanol–water partition coefficient (Wildman–Crippen LogP) is 0.528. The molecule has 0 N–H and O–H groups in total. The normalized spacial score (nSPS) is 10.2. The van der Waals surface area contributed by atoms with Crippen LogP contribution in [-0.4, -0.2) is 72.5 Å². The van der Waals surface area contributed by atoms with Gasteiger partial charge in [-0.2, -0.15) is 15.0 Å². The minimum Gasteiger partial charge on any atom is -0.465 e. The van der Waals surface area contributed by atoms with Crippen molar-refractivity contribution in [1.29, 1.82) is 0 Å². The Kier molecular flexibility index (Phi) is 6.42. The third kappa shape index (κ3) is 5.40. The zero-order valence-corrected chi connectivity index (χ0v) is 15.3. The lowest BCUT2D eigenvalue weighted by Gasteiger charge is -2.15. The van der Waals surface area contributed by atoms with Crippen molar-refractivity contribution in [2.24, 2.45) is 0 Å². The summed E-state index contributed by atoms with van der Waals surface area (Å²) in [5.74, 6) is 0.757. The van der Waals surface area contributed by atoms with E-state index in [0.717, 1.165) is 0 Å². The van der Waals surface area contributed by atoms with Crippen molar-refractivity contribution in [3.8, 4) is 17.8 Å². The molecule has 2 rings (SSSR count). The number of hydrogen-bond acceptors (Lipinski definition) is 11. The van der Waals surface area contributed by atoms with Gasteiger partial charge in [0.25, 0.3) is 0 Å². The number of carbonyl (C=O) groups is 1. The Morgan fingerprint density at radius 2 is 1.54 bits per heavy atom. The van der Waals surface area contributed by atoms with Gasteiger partial charge in [-0.1, -0.05) is 0 Å². The van der Waals surface area contributed by atoms with Crippen molar-refractivity contribution >= 4 is 17.9 Å². The summed E-state index contributed by atoms with van der Waals surface area (Å²) in [5.41, 5.74) is 0. The maximum Gasteiger partial charge on any atom is 0.344 e.